The van der Waals surface area contributed by atoms with E-state index in [1.54, 1.807) is 0 Å². The Balaban J connectivity index is 1.95. The fraction of sp³-hybridized carbons (Fsp3) is 0.500. The molecule has 1 aliphatic rings. The molecule has 1 atom stereocenters. The van der Waals surface area contributed by atoms with Gasteiger partial charge in [-0.15, -0.1) is 0 Å². The molecule has 0 spiro atoms. The van der Waals surface area contributed by atoms with Crippen molar-refractivity contribution in [3.05, 3.63) is 28.7 Å². The number of carbonyl (C=O) groups is 1. The standard InChI is InChI=1S/C14H19BrN2O/c1-2-11-5-4-8-17(10-11)14(18)16-13-7-3-6-12(15)9-13/h3,6-7,9,11H,2,4-5,8,10H2,1H3,(H,16,18)/t11-/m1/s1. The molecule has 4 heteroatoms. The number of piperidine rings is 1. The third-order valence-corrected chi connectivity index (χ3v) is 3.95. The molecule has 0 aliphatic carbocycles. The van der Waals surface area contributed by atoms with Gasteiger partial charge in [0.05, 0.1) is 0 Å². The number of amides is 2. The van der Waals surface area contributed by atoms with Crippen LogP contribution in [-0.4, -0.2) is 24.0 Å². The van der Waals surface area contributed by atoms with Gasteiger partial charge >= 0.3 is 6.03 Å². The molecule has 1 aliphatic heterocycles. The molecule has 1 N–H and O–H groups in total. The summed E-state index contributed by atoms with van der Waals surface area (Å²) in [6.45, 7) is 3.95. The molecule has 3 nitrogen and oxygen atoms in total. The summed E-state index contributed by atoms with van der Waals surface area (Å²) in [4.78, 5) is 14.1. The molecule has 18 heavy (non-hydrogen) atoms. The number of carbonyl (C=O) groups excluding carboxylic acids is 1. The summed E-state index contributed by atoms with van der Waals surface area (Å²) in [6.07, 6.45) is 3.52. The number of hydrogen-bond acceptors (Lipinski definition) is 1. The maximum atomic E-state index is 12.1. The fourth-order valence-electron chi connectivity index (χ4n) is 2.35. The van der Waals surface area contributed by atoms with E-state index in [-0.39, 0.29) is 6.03 Å². The van der Waals surface area contributed by atoms with Gasteiger partial charge in [-0.05, 0) is 37.0 Å². The molecule has 1 aromatic rings. The molecule has 0 saturated carbocycles. The van der Waals surface area contributed by atoms with Gasteiger partial charge in [0.1, 0.15) is 0 Å². The fourth-order valence-corrected chi connectivity index (χ4v) is 2.75. The van der Waals surface area contributed by atoms with Crippen LogP contribution in [-0.2, 0) is 0 Å². The highest BCUT2D eigenvalue weighted by Crippen LogP contribution is 2.21. The molecule has 98 valence electrons. The van der Waals surface area contributed by atoms with E-state index in [2.05, 4.69) is 28.2 Å². The van der Waals surface area contributed by atoms with Crippen LogP contribution in [0.2, 0.25) is 0 Å². The van der Waals surface area contributed by atoms with E-state index in [0.29, 0.717) is 5.92 Å². The van der Waals surface area contributed by atoms with Crippen LogP contribution in [0.1, 0.15) is 26.2 Å². The SMILES string of the molecule is CC[C@@H]1CCCN(C(=O)Nc2cccc(Br)c2)C1. The van der Waals surface area contributed by atoms with Crippen LogP contribution >= 0.6 is 15.9 Å². The first-order valence-corrected chi connectivity index (χ1v) is 7.30. The third-order valence-electron chi connectivity index (χ3n) is 3.46. The highest BCUT2D eigenvalue weighted by Gasteiger charge is 2.22. The number of benzene rings is 1. The predicted molar refractivity (Wildman–Crippen MR) is 77.7 cm³/mol. The lowest BCUT2D eigenvalue weighted by atomic mass is 9.96. The van der Waals surface area contributed by atoms with Crippen molar-refractivity contribution in [1.29, 1.82) is 0 Å². The molecular weight excluding hydrogens is 292 g/mol. The molecular formula is C14H19BrN2O. The number of hydrogen-bond donors (Lipinski definition) is 1. The van der Waals surface area contributed by atoms with Crippen LogP contribution in [0.25, 0.3) is 0 Å². The van der Waals surface area contributed by atoms with Gasteiger partial charge in [-0.3, -0.25) is 0 Å². The second-order valence-electron chi connectivity index (χ2n) is 4.80. The molecule has 0 unspecified atom stereocenters. The minimum Gasteiger partial charge on any atom is -0.324 e. The number of nitrogens with zero attached hydrogens (tertiary/aromatic N) is 1. The normalized spacial score (nSPS) is 19.7. The second kappa shape index (κ2) is 6.23. The Kier molecular flexibility index (Phi) is 4.64. The summed E-state index contributed by atoms with van der Waals surface area (Å²) in [6, 6.07) is 7.71. The number of urea groups is 1. The van der Waals surface area contributed by atoms with E-state index in [1.165, 1.54) is 6.42 Å². The maximum Gasteiger partial charge on any atom is 0.321 e. The van der Waals surface area contributed by atoms with E-state index >= 15 is 0 Å². The summed E-state index contributed by atoms with van der Waals surface area (Å²) in [5, 5.41) is 2.95. The van der Waals surface area contributed by atoms with Gasteiger partial charge < -0.3 is 10.2 Å². The Hall–Kier alpha value is -1.03. The Morgan fingerprint density at radius 1 is 1.56 bits per heavy atom. The Bertz CT molecular complexity index is 422. The number of anilines is 1. The minimum atomic E-state index is 0.0197. The van der Waals surface area contributed by atoms with Gasteiger partial charge in [-0.25, -0.2) is 4.79 Å². The van der Waals surface area contributed by atoms with E-state index in [0.717, 1.165) is 36.1 Å². The van der Waals surface area contributed by atoms with Gasteiger partial charge in [-0.1, -0.05) is 35.3 Å². The molecule has 1 saturated heterocycles. The lowest BCUT2D eigenvalue weighted by molar-refractivity contribution is 0.176. The summed E-state index contributed by atoms with van der Waals surface area (Å²) in [5.41, 5.74) is 0.841. The summed E-state index contributed by atoms with van der Waals surface area (Å²) in [7, 11) is 0. The molecule has 2 amide bonds. The van der Waals surface area contributed by atoms with E-state index in [9.17, 15) is 4.79 Å². The van der Waals surface area contributed by atoms with Gasteiger partial charge in [0.2, 0.25) is 0 Å². The van der Waals surface area contributed by atoms with E-state index in [1.807, 2.05) is 29.2 Å². The first-order valence-electron chi connectivity index (χ1n) is 6.50. The average molecular weight is 311 g/mol. The highest BCUT2D eigenvalue weighted by atomic mass is 79.9. The average Bonchev–Trinajstić information content (AvgIpc) is 2.39. The number of nitrogens with one attached hydrogen (secondary N) is 1. The summed E-state index contributed by atoms with van der Waals surface area (Å²) in [5.74, 6) is 0.659. The van der Waals surface area contributed by atoms with E-state index in [4.69, 9.17) is 0 Å². The van der Waals surface area contributed by atoms with Crippen LogP contribution in [0.15, 0.2) is 28.7 Å². The Morgan fingerprint density at radius 2 is 2.39 bits per heavy atom. The first kappa shape index (κ1) is 13.4. The lowest BCUT2D eigenvalue weighted by Crippen LogP contribution is -2.42. The number of halogens is 1. The lowest BCUT2D eigenvalue weighted by Gasteiger charge is -2.32. The van der Waals surface area contributed by atoms with Crippen LogP contribution in [0.4, 0.5) is 10.5 Å². The summed E-state index contributed by atoms with van der Waals surface area (Å²) >= 11 is 3.40. The summed E-state index contributed by atoms with van der Waals surface area (Å²) < 4.78 is 0.977. The molecule has 0 bridgehead atoms. The van der Waals surface area contributed by atoms with Crippen molar-refractivity contribution >= 4 is 27.6 Å². The van der Waals surface area contributed by atoms with Crippen LogP contribution < -0.4 is 5.32 Å². The van der Waals surface area contributed by atoms with Crippen molar-refractivity contribution in [1.82, 2.24) is 4.90 Å². The van der Waals surface area contributed by atoms with Crippen molar-refractivity contribution in [2.45, 2.75) is 26.2 Å². The zero-order valence-electron chi connectivity index (χ0n) is 10.7. The van der Waals surface area contributed by atoms with Crippen molar-refractivity contribution < 1.29 is 4.79 Å². The minimum absolute atomic E-state index is 0.0197. The largest absolute Gasteiger partial charge is 0.324 e. The second-order valence-corrected chi connectivity index (χ2v) is 5.72. The van der Waals surface area contributed by atoms with Gasteiger partial charge in [-0.2, -0.15) is 0 Å². The van der Waals surface area contributed by atoms with Crippen molar-refractivity contribution in [2.75, 3.05) is 18.4 Å². The Morgan fingerprint density at radius 3 is 3.11 bits per heavy atom. The molecule has 1 aromatic carbocycles. The first-order chi connectivity index (χ1) is 8.69. The zero-order chi connectivity index (χ0) is 13.0. The van der Waals surface area contributed by atoms with Crippen LogP contribution in [0.3, 0.4) is 0 Å². The van der Waals surface area contributed by atoms with Gasteiger partial charge in [0.25, 0.3) is 0 Å². The number of rotatable bonds is 2. The zero-order valence-corrected chi connectivity index (χ0v) is 12.2. The van der Waals surface area contributed by atoms with Crippen molar-refractivity contribution in [3.8, 4) is 0 Å². The monoisotopic (exact) mass is 310 g/mol. The van der Waals surface area contributed by atoms with Gasteiger partial charge in [0.15, 0.2) is 0 Å². The quantitative estimate of drug-likeness (QED) is 0.876. The molecule has 1 heterocycles. The number of likely N-dealkylation sites (tertiary alicyclic amines) is 1. The molecule has 1 fully saturated rings. The van der Waals surface area contributed by atoms with Crippen LogP contribution in [0.5, 0.6) is 0 Å². The third kappa shape index (κ3) is 3.48. The topological polar surface area (TPSA) is 32.3 Å². The van der Waals surface area contributed by atoms with Crippen LogP contribution in [0, 0.1) is 5.92 Å². The Labute approximate surface area is 117 Å². The van der Waals surface area contributed by atoms with Crippen molar-refractivity contribution in [3.63, 3.8) is 0 Å². The molecule has 0 radical (unpaired) electrons. The molecule has 0 aromatic heterocycles. The predicted octanol–water partition coefficient (Wildman–Crippen LogP) is 4.10. The van der Waals surface area contributed by atoms with Gasteiger partial charge in [0, 0.05) is 23.2 Å². The van der Waals surface area contributed by atoms with Crippen molar-refractivity contribution in [2.24, 2.45) is 5.92 Å². The molecule has 2 rings (SSSR count). The smallest absolute Gasteiger partial charge is 0.321 e. The highest BCUT2D eigenvalue weighted by molar-refractivity contribution is 9.10. The maximum absolute atomic E-state index is 12.1. The van der Waals surface area contributed by atoms with E-state index < -0.39 is 0 Å².